The first kappa shape index (κ1) is 16.1. The zero-order chi connectivity index (χ0) is 18.5. The molecule has 1 aliphatic carbocycles. The lowest BCUT2D eigenvalue weighted by atomic mass is 10.1. The molecule has 0 saturated heterocycles. The summed E-state index contributed by atoms with van der Waals surface area (Å²) in [5, 5.41) is 24.7. The van der Waals surface area contributed by atoms with Crippen LogP contribution in [0.4, 0.5) is 0 Å². The van der Waals surface area contributed by atoms with Crippen molar-refractivity contribution in [3.63, 3.8) is 0 Å². The fourth-order valence-corrected chi connectivity index (χ4v) is 3.89. The first-order chi connectivity index (χ1) is 13.2. The zero-order valence-corrected chi connectivity index (χ0v) is 14.9. The van der Waals surface area contributed by atoms with Crippen molar-refractivity contribution in [1.29, 1.82) is 5.26 Å². The number of carbonyl (C=O) groups excluding carboxylic acids is 1. The van der Waals surface area contributed by atoms with Gasteiger partial charge in [-0.25, -0.2) is 9.97 Å². The maximum absolute atomic E-state index is 12.7. The summed E-state index contributed by atoms with van der Waals surface area (Å²) in [6.45, 7) is 0.107. The standard InChI is InChI=1S/C18H14N6O2S/c19-7-11-8-20-18(27-11)24-14(21-15(22-24)10-5-6-10)9-23-16(25)12-3-1-2-4-13(12)17(23)26/h1-4,8,10,16,25H,5-6,9H2. The van der Waals surface area contributed by atoms with Gasteiger partial charge in [0, 0.05) is 17.0 Å². The van der Waals surface area contributed by atoms with Crippen LogP contribution in [0.25, 0.3) is 5.13 Å². The third-order valence-corrected chi connectivity index (χ3v) is 5.63. The summed E-state index contributed by atoms with van der Waals surface area (Å²) < 4.78 is 1.59. The molecular weight excluding hydrogens is 364 g/mol. The Kier molecular flexibility index (Phi) is 3.56. The van der Waals surface area contributed by atoms with Gasteiger partial charge in [0.15, 0.2) is 17.9 Å². The number of amides is 1. The third kappa shape index (κ3) is 2.61. The Morgan fingerprint density at radius 2 is 2.15 bits per heavy atom. The van der Waals surface area contributed by atoms with Crippen LogP contribution in [0.15, 0.2) is 30.5 Å². The van der Waals surface area contributed by atoms with Crippen molar-refractivity contribution >= 4 is 17.2 Å². The Balaban J connectivity index is 1.52. The quantitative estimate of drug-likeness (QED) is 0.745. The average molecular weight is 378 g/mol. The van der Waals surface area contributed by atoms with Gasteiger partial charge >= 0.3 is 0 Å². The number of rotatable bonds is 4. The van der Waals surface area contributed by atoms with E-state index in [2.05, 4.69) is 21.1 Å². The van der Waals surface area contributed by atoms with Crippen LogP contribution in [-0.2, 0) is 6.54 Å². The predicted octanol–water partition coefficient (Wildman–Crippen LogP) is 2.12. The molecule has 8 nitrogen and oxygen atoms in total. The summed E-state index contributed by atoms with van der Waals surface area (Å²) in [6, 6.07) is 9.10. The van der Waals surface area contributed by atoms with E-state index in [1.54, 1.807) is 28.9 Å². The lowest BCUT2D eigenvalue weighted by Crippen LogP contribution is -2.29. The third-order valence-electron chi connectivity index (χ3n) is 4.76. The number of carbonyl (C=O) groups is 1. The molecular formula is C18H14N6O2S. The molecule has 5 rings (SSSR count). The summed E-state index contributed by atoms with van der Waals surface area (Å²) in [5.41, 5.74) is 1.09. The number of benzene rings is 1. The largest absolute Gasteiger partial charge is 0.369 e. The molecule has 2 aromatic heterocycles. The van der Waals surface area contributed by atoms with Crippen LogP contribution >= 0.6 is 11.3 Å². The smallest absolute Gasteiger partial charge is 0.257 e. The topological polar surface area (TPSA) is 108 Å². The van der Waals surface area contributed by atoms with Gasteiger partial charge in [-0.15, -0.1) is 5.10 Å². The molecule has 0 bridgehead atoms. The van der Waals surface area contributed by atoms with E-state index in [0.29, 0.717) is 32.9 Å². The van der Waals surface area contributed by atoms with Gasteiger partial charge in [0.2, 0.25) is 5.13 Å². The van der Waals surface area contributed by atoms with Gasteiger partial charge in [-0.05, 0) is 18.9 Å². The van der Waals surface area contributed by atoms with Crippen LogP contribution in [-0.4, -0.2) is 35.7 Å². The van der Waals surface area contributed by atoms with E-state index in [0.717, 1.165) is 18.7 Å². The maximum Gasteiger partial charge on any atom is 0.257 e. The lowest BCUT2D eigenvalue weighted by Gasteiger charge is -2.20. The van der Waals surface area contributed by atoms with E-state index in [4.69, 9.17) is 5.26 Å². The van der Waals surface area contributed by atoms with Crippen molar-refractivity contribution in [2.24, 2.45) is 0 Å². The van der Waals surface area contributed by atoms with Gasteiger partial charge in [0.1, 0.15) is 10.9 Å². The van der Waals surface area contributed by atoms with Gasteiger partial charge < -0.3 is 10.0 Å². The normalized spacial score (nSPS) is 18.6. The van der Waals surface area contributed by atoms with Crippen molar-refractivity contribution < 1.29 is 9.90 Å². The van der Waals surface area contributed by atoms with E-state index < -0.39 is 6.23 Å². The molecule has 3 aromatic rings. The number of aromatic nitrogens is 4. The Bertz CT molecular complexity index is 1090. The zero-order valence-electron chi connectivity index (χ0n) is 14.1. The first-order valence-electron chi connectivity index (χ1n) is 8.56. The molecule has 134 valence electrons. The number of aliphatic hydroxyl groups excluding tert-OH is 1. The van der Waals surface area contributed by atoms with E-state index in [9.17, 15) is 9.90 Å². The molecule has 1 fully saturated rings. The van der Waals surface area contributed by atoms with Crippen LogP contribution in [0.2, 0.25) is 0 Å². The minimum absolute atomic E-state index is 0.107. The van der Waals surface area contributed by atoms with Crippen molar-refractivity contribution in [2.75, 3.05) is 0 Å². The number of nitrogens with zero attached hydrogens (tertiary/aromatic N) is 6. The molecule has 1 N–H and O–H groups in total. The fraction of sp³-hybridized carbons (Fsp3) is 0.278. The van der Waals surface area contributed by atoms with Crippen LogP contribution in [0.5, 0.6) is 0 Å². The SMILES string of the molecule is N#Cc1cnc(-n2nc(C3CC3)nc2CN2C(=O)c3ccccc3C2O)s1. The molecule has 27 heavy (non-hydrogen) atoms. The second-order valence-corrected chi connectivity index (χ2v) is 7.59. The second kappa shape index (κ2) is 5.97. The number of fused-ring (bicyclic) bond motifs is 1. The van der Waals surface area contributed by atoms with Crippen molar-refractivity contribution in [2.45, 2.75) is 31.5 Å². The fourth-order valence-electron chi connectivity index (χ4n) is 3.21. The van der Waals surface area contributed by atoms with Gasteiger partial charge in [-0.3, -0.25) is 4.79 Å². The predicted molar refractivity (Wildman–Crippen MR) is 95.0 cm³/mol. The molecule has 0 spiro atoms. The molecule has 1 atom stereocenters. The number of nitriles is 1. The summed E-state index contributed by atoms with van der Waals surface area (Å²) in [4.78, 5) is 23.4. The van der Waals surface area contributed by atoms with E-state index in [-0.39, 0.29) is 12.5 Å². The molecule has 1 saturated carbocycles. The van der Waals surface area contributed by atoms with Crippen LogP contribution in [0.1, 0.15) is 57.4 Å². The van der Waals surface area contributed by atoms with Crippen LogP contribution < -0.4 is 0 Å². The van der Waals surface area contributed by atoms with Gasteiger partial charge in [-0.1, -0.05) is 29.5 Å². The highest BCUT2D eigenvalue weighted by molar-refractivity contribution is 7.14. The minimum Gasteiger partial charge on any atom is -0.369 e. The summed E-state index contributed by atoms with van der Waals surface area (Å²) in [6.07, 6.45) is 2.56. The van der Waals surface area contributed by atoms with Crippen molar-refractivity contribution in [1.82, 2.24) is 24.6 Å². The van der Waals surface area contributed by atoms with E-state index >= 15 is 0 Å². The van der Waals surface area contributed by atoms with Crippen LogP contribution in [0, 0.1) is 11.3 Å². The number of hydrogen-bond donors (Lipinski definition) is 1. The van der Waals surface area contributed by atoms with Crippen molar-refractivity contribution in [3.05, 3.63) is 58.1 Å². The molecule has 0 radical (unpaired) electrons. The Hall–Kier alpha value is -3.09. The molecule has 9 heteroatoms. The second-order valence-electron chi connectivity index (χ2n) is 6.59. The Morgan fingerprint density at radius 1 is 1.33 bits per heavy atom. The highest BCUT2D eigenvalue weighted by Crippen LogP contribution is 2.39. The van der Waals surface area contributed by atoms with Gasteiger partial charge in [-0.2, -0.15) is 9.94 Å². The van der Waals surface area contributed by atoms with Crippen molar-refractivity contribution in [3.8, 4) is 11.2 Å². The number of thiazole rings is 1. The summed E-state index contributed by atoms with van der Waals surface area (Å²) >= 11 is 1.21. The number of aliphatic hydroxyl groups is 1. The number of hydrogen-bond acceptors (Lipinski definition) is 7. The van der Waals surface area contributed by atoms with Gasteiger partial charge in [0.05, 0.1) is 12.7 Å². The molecule has 2 aliphatic rings. The van der Waals surface area contributed by atoms with Gasteiger partial charge in [0.25, 0.3) is 5.91 Å². The van der Waals surface area contributed by atoms with E-state index in [1.807, 2.05) is 0 Å². The average Bonchev–Trinajstić information content (AvgIpc) is 3.20. The van der Waals surface area contributed by atoms with Crippen LogP contribution in [0.3, 0.4) is 0 Å². The monoisotopic (exact) mass is 378 g/mol. The lowest BCUT2D eigenvalue weighted by molar-refractivity contribution is 0.0123. The highest BCUT2D eigenvalue weighted by Gasteiger charge is 2.37. The molecule has 1 amide bonds. The van der Waals surface area contributed by atoms with E-state index in [1.165, 1.54) is 22.4 Å². The Morgan fingerprint density at radius 3 is 2.85 bits per heavy atom. The summed E-state index contributed by atoms with van der Waals surface area (Å²) in [5.74, 6) is 1.34. The molecule has 1 aliphatic heterocycles. The molecule has 1 aromatic carbocycles. The maximum atomic E-state index is 12.7. The molecule has 3 heterocycles. The highest BCUT2D eigenvalue weighted by atomic mass is 32.1. The summed E-state index contributed by atoms with van der Waals surface area (Å²) in [7, 11) is 0. The first-order valence-corrected chi connectivity index (χ1v) is 9.37. The molecule has 1 unspecified atom stereocenters. The minimum atomic E-state index is -1.02. The Labute approximate surface area is 158 Å².